The van der Waals surface area contributed by atoms with Crippen LogP contribution < -0.4 is 5.56 Å². The predicted octanol–water partition coefficient (Wildman–Crippen LogP) is 3.63. The van der Waals surface area contributed by atoms with Crippen molar-refractivity contribution in [2.24, 2.45) is 5.41 Å². The minimum Gasteiger partial charge on any atom is -0.310 e. The highest BCUT2D eigenvalue weighted by atomic mass is 79.9. The van der Waals surface area contributed by atoms with Crippen LogP contribution in [0.2, 0.25) is 0 Å². The fourth-order valence-corrected chi connectivity index (χ4v) is 2.16. The van der Waals surface area contributed by atoms with Crippen LogP contribution in [0.3, 0.4) is 0 Å². The van der Waals surface area contributed by atoms with Gasteiger partial charge in [-0.1, -0.05) is 34.6 Å². The molecule has 1 rings (SSSR count). The Morgan fingerprint density at radius 2 is 1.94 bits per heavy atom. The van der Waals surface area contributed by atoms with E-state index in [1.807, 2.05) is 13.8 Å². The first-order chi connectivity index (χ1) is 7.70. The molecule has 0 unspecified atom stereocenters. The average molecular weight is 301 g/mol. The second-order valence-electron chi connectivity index (χ2n) is 5.93. The van der Waals surface area contributed by atoms with Crippen molar-refractivity contribution in [1.82, 2.24) is 9.97 Å². The maximum atomic E-state index is 11.7. The van der Waals surface area contributed by atoms with Crippen LogP contribution in [0.25, 0.3) is 0 Å². The number of aryl methyl sites for hydroxylation is 1. The van der Waals surface area contributed by atoms with Gasteiger partial charge in [0.05, 0.1) is 5.69 Å². The molecule has 1 aromatic heterocycles. The van der Waals surface area contributed by atoms with E-state index < -0.39 is 0 Å². The van der Waals surface area contributed by atoms with Gasteiger partial charge in [0.1, 0.15) is 10.3 Å². The molecule has 0 aliphatic carbocycles. The monoisotopic (exact) mass is 300 g/mol. The number of hydrogen-bond donors (Lipinski definition) is 1. The molecule has 4 heteroatoms. The molecule has 0 bridgehead atoms. The summed E-state index contributed by atoms with van der Waals surface area (Å²) in [5.74, 6) is 1.04. The summed E-state index contributed by atoms with van der Waals surface area (Å²) < 4.78 is 0.562. The van der Waals surface area contributed by atoms with Crippen molar-refractivity contribution >= 4 is 15.9 Å². The Morgan fingerprint density at radius 1 is 1.35 bits per heavy atom. The highest BCUT2D eigenvalue weighted by Gasteiger charge is 2.15. The first-order valence-electron chi connectivity index (χ1n) is 5.99. The SMILES string of the molecule is CC(C)c1nc(CCC(C)(C)C)[nH]c(=O)c1Br. The largest absolute Gasteiger partial charge is 0.310 e. The van der Waals surface area contributed by atoms with Crippen LogP contribution in [-0.4, -0.2) is 9.97 Å². The van der Waals surface area contributed by atoms with Gasteiger partial charge in [-0.2, -0.15) is 0 Å². The molecule has 96 valence electrons. The van der Waals surface area contributed by atoms with E-state index in [0.29, 0.717) is 4.47 Å². The van der Waals surface area contributed by atoms with E-state index in [1.54, 1.807) is 0 Å². The maximum Gasteiger partial charge on any atom is 0.265 e. The van der Waals surface area contributed by atoms with Crippen LogP contribution in [0, 0.1) is 5.41 Å². The Hall–Kier alpha value is -0.640. The maximum absolute atomic E-state index is 11.7. The van der Waals surface area contributed by atoms with Gasteiger partial charge in [0.25, 0.3) is 5.56 Å². The Balaban J connectivity index is 2.99. The van der Waals surface area contributed by atoms with E-state index in [2.05, 4.69) is 46.7 Å². The summed E-state index contributed by atoms with van der Waals surface area (Å²) in [4.78, 5) is 19.1. The summed E-state index contributed by atoms with van der Waals surface area (Å²) in [6, 6.07) is 0. The van der Waals surface area contributed by atoms with Crippen LogP contribution in [0.5, 0.6) is 0 Å². The second-order valence-corrected chi connectivity index (χ2v) is 6.72. The van der Waals surface area contributed by atoms with Gasteiger partial charge in [0.2, 0.25) is 0 Å². The molecule has 3 nitrogen and oxygen atoms in total. The number of nitrogens with zero attached hydrogens (tertiary/aromatic N) is 1. The summed E-state index contributed by atoms with van der Waals surface area (Å²) in [5, 5.41) is 0. The van der Waals surface area contributed by atoms with Crippen molar-refractivity contribution in [3.63, 3.8) is 0 Å². The lowest BCUT2D eigenvalue weighted by Crippen LogP contribution is -2.18. The number of hydrogen-bond acceptors (Lipinski definition) is 2. The van der Waals surface area contributed by atoms with Crippen molar-refractivity contribution in [2.75, 3.05) is 0 Å². The van der Waals surface area contributed by atoms with Crippen molar-refractivity contribution in [1.29, 1.82) is 0 Å². The summed E-state index contributed by atoms with van der Waals surface area (Å²) in [5.41, 5.74) is 1.02. The summed E-state index contributed by atoms with van der Waals surface area (Å²) >= 11 is 3.30. The third-order valence-corrected chi connectivity index (χ3v) is 3.36. The van der Waals surface area contributed by atoms with E-state index in [4.69, 9.17) is 0 Å². The van der Waals surface area contributed by atoms with Crippen molar-refractivity contribution in [2.45, 2.75) is 53.4 Å². The molecule has 1 heterocycles. The van der Waals surface area contributed by atoms with Crippen LogP contribution in [-0.2, 0) is 6.42 Å². The lowest BCUT2D eigenvalue weighted by molar-refractivity contribution is 0.374. The van der Waals surface area contributed by atoms with E-state index in [0.717, 1.165) is 24.4 Å². The fourth-order valence-electron chi connectivity index (χ4n) is 1.52. The van der Waals surface area contributed by atoms with Gasteiger partial charge in [-0.15, -0.1) is 0 Å². The highest BCUT2D eigenvalue weighted by molar-refractivity contribution is 9.10. The normalized spacial score (nSPS) is 12.2. The number of aromatic nitrogens is 2. The smallest absolute Gasteiger partial charge is 0.265 e. The molecule has 0 aromatic carbocycles. The standard InChI is InChI=1S/C13H21BrN2O/c1-8(2)11-10(14)12(17)16-9(15-11)6-7-13(3,4)5/h8H,6-7H2,1-5H3,(H,15,16,17). The van der Waals surface area contributed by atoms with E-state index in [9.17, 15) is 4.79 Å². The molecule has 0 aliphatic rings. The number of H-pyrrole nitrogens is 1. The zero-order chi connectivity index (χ0) is 13.2. The van der Waals surface area contributed by atoms with Crippen molar-refractivity contribution in [3.8, 4) is 0 Å². The summed E-state index contributed by atoms with van der Waals surface area (Å²) in [7, 11) is 0. The predicted molar refractivity (Wildman–Crippen MR) is 74.4 cm³/mol. The quantitative estimate of drug-likeness (QED) is 0.926. The van der Waals surface area contributed by atoms with Crippen LogP contribution in [0.15, 0.2) is 9.27 Å². The molecule has 0 saturated heterocycles. The Kier molecular flexibility index (Phi) is 4.53. The number of nitrogens with one attached hydrogen (secondary N) is 1. The van der Waals surface area contributed by atoms with Gasteiger partial charge in [-0.05, 0) is 33.7 Å². The van der Waals surface area contributed by atoms with Crippen molar-refractivity contribution < 1.29 is 0 Å². The van der Waals surface area contributed by atoms with Gasteiger partial charge < -0.3 is 4.98 Å². The number of halogens is 1. The third-order valence-electron chi connectivity index (χ3n) is 2.60. The molecule has 0 radical (unpaired) electrons. The topological polar surface area (TPSA) is 45.8 Å². The molecule has 0 spiro atoms. The third kappa shape index (κ3) is 4.26. The minimum atomic E-state index is -0.0763. The van der Waals surface area contributed by atoms with E-state index in [1.165, 1.54) is 0 Å². The molecule has 0 fully saturated rings. The first kappa shape index (κ1) is 14.4. The molecular weight excluding hydrogens is 280 g/mol. The minimum absolute atomic E-state index is 0.0763. The molecule has 17 heavy (non-hydrogen) atoms. The first-order valence-corrected chi connectivity index (χ1v) is 6.78. The molecular formula is C13H21BrN2O. The van der Waals surface area contributed by atoms with Crippen LogP contribution in [0.1, 0.15) is 58.5 Å². The Bertz CT molecular complexity index is 444. The molecule has 0 saturated carbocycles. The molecule has 1 aromatic rings. The summed E-state index contributed by atoms with van der Waals surface area (Å²) in [6.45, 7) is 10.6. The van der Waals surface area contributed by atoms with Crippen molar-refractivity contribution in [3.05, 3.63) is 26.3 Å². The lowest BCUT2D eigenvalue weighted by Gasteiger charge is -2.17. The highest BCUT2D eigenvalue weighted by Crippen LogP contribution is 2.22. The van der Waals surface area contributed by atoms with Crippen LogP contribution in [0.4, 0.5) is 0 Å². The Labute approximate surface area is 111 Å². The van der Waals surface area contributed by atoms with Gasteiger partial charge in [0.15, 0.2) is 0 Å². The zero-order valence-electron chi connectivity index (χ0n) is 11.2. The van der Waals surface area contributed by atoms with Gasteiger partial charge in [-0.25, -0.2) is 4.98 Å². The molecule has 0 amide bonds. The van der Waals surface area contributed by atoms with Gasteiger partial charge in [0, 0.05) is 6.42 Å². The second kappa shape index (κ2) is 5.34. The Morgan fingerprint density at radius 3 is 2.41 bits per heavy atom. The molecule has 0 atom stereocenters. The number of rotatable bonds is 3. The van der Waals surface area contributed by atoms with Gasteiger partial charge >= 0.3 is 0 Å². The average Bonchev–Trinajstić information content (AvgIpc) is 2.18. The van der Waals surface area contributed by atoms with Gasteiger partial charge in [-0.3, -0.25) is 4.79 Å². The van der Waals surface area contributed by atoms with E-state index in [-0.39, 0.29) is 16.9 Å². The summed E-state index contributed by atoms with van der Waals surface area (Å²) in [6.07, 6.45) is 1.82. The van der Waals surface area contributed by atoms with Crippen LogP contribution >= 0.6 is 15.9 Å². The zero-order valence-corrected chi connectivity index (χ0v) is 12.8. The number of aromatic amines is 1. The molecule has 1 N–H and O–H groups in total. The van der Waals surface area contributed by atoms with E-state index >= 15 is 0 Å². The molecule has 0 aliphatic heterocycles. The fraction of sp³-hybridized carbons (Fsp3) is 0.692. The lowest BCUT2D eigenvalue weighted by atomic mass is 9.90.